The predicted molar refractivity (Wildman–Crippen MR) is 84.4 cm³/mol. The summed E-state index contributed by atoms with van der Waals surface area (Å²) < 4.78 is 24.5. The Labute approximate surface area is 137 Å². The molecule has 1 fully saturated rings. The molecule has 0 spiro atoms. The molecule has 1 aliphatic rings. The Hall–Kier alpha value is -1.67. The van der Waals surface area contributed by atoms with E-state index in [4.69, 9.17) is 5.73 Å². The predicted octanol–water partition coefficient (Wildman–Crippen LogP) is 0.720. The van der Waals surface area contributed by atoms with Gasteiger partial charge in [0, 0.05) is 10.6 Å². The minimum absolute atomic E-state index is 0.167. The topological polar surface area (TPSA) is 76.6 Å². The second-order valence-corrected chi connectivity index (χ2v) is 6.64. The van der Waals surface area contributed by atoms with E-state index in [1.165, 1.54) is 0 Å². The van der Waals surface area contributed by atoms with E-state index in [1.807, 2.05) is 0 Å². The van der Waals surface area contributed by atoms with Gasteiger partial charge in [0.1, 0.15) is 0 Å². The summed E-state index contributed by atoms with van der Waals surface area (Å²) in [7, 11) is 0. The van der Waals surface area contributed by atoms with Gasteiger partial charge in [0.15, 0.2) is 6.54 Å². The van der Waals surface area contributed by atoms with E-state index >= 15 is 0 Å². The minimum atomic E-state index is -2.46. The maximum Gasteiger partial charge on any atom is 0.288 e. The van der Waals surface area contributed by atoms with Gasteiger partial charge in [0.25, 0.3) is 11.7 Å². The van der Waals surface area contributed by atoms with Gasteiger partial charge < -0.3 is 16.0 Å². The molecule has 8 heteroatoms. The summed E-state index contributed by atoms with van der Waals surface area (Å²) in [6.07, 6.45) is 1.65. The zero-order valence-electron chi connectivity index (χ0n) is 12.6. The lowest BCUT2D eigenvalue weighted by Crippen LogP contribution is -3.14. The van der Waals surface area contributed by atoms with Crippen LogP contribution in [0.5, 0.6) is 0 Å². The lowest BCUT2D eigenvalue weighted by atomic mass is 9.97. The van der Waals surface area contributed by atoms with Gasteiger partial charge in [0.05, 0.1) is 19.0 Å². The van der Waals surface area contributed by atoms with Crippen LogP contribution in [-0.4, -0.2) is 37.2 Å². The van der Waals surface area contributed by atoms with Gasteiger partial charge in [0.2, 0.25) is 5.91 Å². The average molecular weight is 344 g/mol. The van der Waals surface area contributed by atoms with Gasteiger partial charge in [-0.2, -0.15) is 8.78 Å². The molecule has 2 rings (SSSR count). The number of hydrogen-bond acceptors (Lipinski definition) is 3. The van der Waals surface area contributed by atoms with E-state index in [0.717, 1.165) is 24.3 Å². The van der Waals surface area contributed by atoms with Gasteiger partial charge in [-0.25, -0.2) is 0 Å². The van der Waals surface area contributed by atoms with Crippen molar-refractivity contribution in [2.45, 2.75) is 23.5 Å². The normalized spacial score (nSPS) is 21.2. The summed E-state index contributed by atoms with van der Waals surface area (Å²) >= 11 is 0.463. The molecule has 1 aromatic rings. The van der Waals surface area contributed by atoms with Gasteiger partial charge in [-0.15, -0.1) is 0 Å². The number of piperidine rings is 1. The molecule has 2 atom stereocenters. The van der Waals surface area contributed by atoms with Gasteiger partial charge >= 0.3 is 0 Å². The van der Waals surface area contributed by atoms with Crippen LogP contribution < -0.4 is 16.0 Å². The summed E-state index contributed by atoms with van der Waals surface area (Å²) in [5.74, 6) is -3.11. The van der Waals surface area contributed by atoms with Gasteiger partial charge in [-0.1, -0.05) is 11.8 Å². The van der Waals surface area contributed by atoms with Crippen LogP contribution in [0.3, 0.4) is 0 Å². The standard InChI is InChI=1S/C15H19F2N3O2S/c16-15(17)23-12-5-3-11(4-6-12)19-13(21)9-20-7-1-2-10(8-20)14(18)22/h3-6,10,15H,1-2,7-9H2,(H2,18,22)(H,19,21)/p+1/t10-/m1/s1. The van der Waals surface area contributed by atoms with Crippen LogP contribution in [0.2, 0.25) is 0 Å². The van der Waals surface area contributed by atoms with E-state index in [0.29, 0.717) is 28.9 Å². The van der Waals surface area contributed by atoms with Crippen LogP contribution in [0.15, 0.2) is 29.2 Å². The van der Waals surface area contributed by atoms with E-state index < -0.39 is 5.76 Å². The highest BCUT2D eigenvalue weighted by Gasteiger charge is 2.28. The molecule has 0 aliphatic carbocycles. The summed E-state index contributed by atoms with van der Waals surface area (Å²) in [5.41, 5.74) is 5.89. The number of likely N-dealkylation sites (tertiary alicyclic amines) is 1. The fraction of sp³-hybridized carbons (Fsp3) is 0.467. The molecule has 126 valence electrons. The molecule has 1 saturated heterocycles. The number of nitrogens with two attached hydrogens (primary N) is 1. The number of benzene rings is 1. The maximum atomic E-state index is 12.2. The van der Waals surface area contributed by atoms with Crippen LogP contribution in [0, 0.1) is 5.92 Å². The fourth-order valence-electron chi connectivity index (χ4n) is 2.71. The zero-order chi connectivity index (χ0) is 16.8. The van der Waals surface area contributed by atoms with Crippen LogP contribution in [0.4, 0.5) is 14.5 Å². The first-order chi connectivity index (χ1) is 10.9. The number of anilines is 1. The van der Waals surface area contributed by atoms with Crippen molar-refractivity contribution in [3.63, 3.8) is 0 Å². The van der Waals surface area contributed by atoms with Crippen molar-refractivity contribution in [2.24, 2.45) is 11.7 Å². The first-order valence-electron chi connectivity index (χ1n) is 7.41. The first kappa shape index (κ1) is 17.7. The van der Waals surface area contributed by atoms with Crippen molar-refractivity contribution in [1.29, 1.82) is 0 Å². The quantitative estimate of drug-likeness (QED) is 0.666. The minimum Gasteiger partial charge on any atom is -0.369 e. The average Bonchev–Trinajstić information content (AvgIpc) is 2.49. The zero-order valence-corrected chi connectivity index (χ0v) is 13.4. The number of amides is 2. The van der Waals surface area contributed by atoms with Crippen molar-refractivity contribution in [3.05, 3.63) is 24.3 Å². The Morgan fingerprint density at radius 3 is 2.65 bits per heavy atom. The van der Waals surface area contributed by atoms with E-state index in [1.54, 1.807) is 24.3 Å². The molecule has 1 aliphatic heterocycles. The molecule has 1 unspecified atom stereocenters. The largest absolute Gasteiger partial charge is 0.369 e. The van der Waals surface area contributed by atoms with Crippen molar-refractivity contribution >= 4 is 29.3 Å². The Bertz CT molecular complexity index is 554. The van der Waals surface area contributed by atoms with E-state index in [-0.39, 0.29) is 24.3 Å². The molecule has 5 nitrogen and oxygen atoms in total. The third-order valence-corrected chi connectivity index (χ3v) is 4.52. The van der Waals surface area contributed by atoms with Crippen molar-refractivity contribution < 1.29 is 23.3 Å². The Morgan fingerprint density at radius 1 is 1.35 bits per heavy atom. The number of halogens is 2. The van der Waals surface area contributed by atoms with Crippen molar-refractivity contribution in [3.8, 4) is 0 Å². The summed E-state index contributed by atoms with van der Waals surface area (Å²) in [4.78, 5) is 24.8. The number of nitrogens with one attached hydrogen (secondary N) is 2. The Morgan fingerprint density at radius 2 is 2.04 bits per heavy atom. The number of primary amides is 1. The lowest BCUT2D eigenvalue weighted by molar-refractivity contribution is -0.899. The number of rotatable bonds is 6. The van der Waals surface area contributed by atoms with Gasteiger partial charge in [-0.3, -0.25) is 9.59 Å². The summed E-state index contributed by atoms with van der Waals surface area (Å²) in [6.45, 7) is 1.67. The lowest BCUT2D eigenvalue weighted by Gasteiger charge is -2.27. The Balaban J connectivity index is 1.83. The van der Waals surface area contributed by atoms with E-state index in [2.05, 4.69) is 5.32 Å². The molecule has 1 aromatic carbocycles. The summed E-state index contributed by atoms with van der Waals surface area (Å²) in [6, 6.07) is 6.29. The third-order valence-electron chi connectivity index (χ3n) is 3.79. The Kier molecular flexibility index (Phi) is 6.35. The summed E-state index contributed by atoms with van der Waals surface area (Å²) in [5, 5.41) is 2.74. The van der Waals surface area contributed by atoms with Gasteiger partial charge in [-0.05, 0) is 37.1 Å². The second-order valence-electron chi connectivity index (χ2n) is 5.57. The van der Waals surface area contributed by atoms with Crippen LogP contribution in [0.1, 0.15) is 12.8 Å². The molecular formula is C15H20F2N3O2S+. The highest BCUT2D eigenvalue weighted by Crippen LogP contribution is 2.26. The van der Waals surface area contributed by atoms with Crippen molar-refractivity contribution in [1.82, 2.24) is 0 Å². The number of carbonyl (C=O) groups is 2. The molecule has 0 radical (unpaired) electrons. The third kappa shape index (κ3) is 5.80. The highest BCUT2D eigenvalue weighted by molar-refractivity contribution is 7.99. The first-order valence-corrected chi connectivity index (χ1v) is 8.29. The molecule has 23 heavy (non-hydrogen) atoms. The molecule has 0 saturated carbocycles. The van der Waals surface area contributed by atoms with Crippen LogP contribution in [0.25, 0.3) is 0 Å². The number of alkyl halides is 2. The second kappa shape index (κ2) is 8.26. The van der Waals surface area contributed by atoms with Crippen LogP contribution in [-0.2, 0) is 9.59 Å². The smallest absolute Gasteiger partial charge is 0.288 e. The monoisotopic (exact) mass is 344 g/mol. The maximum absolute atomic E-state index is 12.2. The molecule has 1 heterocycles. The van der Waals surface area contributed by atoms with E-state index in [9.17, 15) is 18.4 Å². The van der Waals surface area contributed by atoms with Crippen molar-refractivity contribution in [2.75, 3.05) is 25.0 Å². The van der Waals surface area contributed by atoms with Crippen LogP contribution >= 0.6 is 11.8 Å². The molecule has 4 N–H and O–H groups in total. The number of hydrogen-bond donors (Lipinski definition) is 3. The molecule has 0 aromatic heterocycles. The number of carbonyl (C=O) groups excluding carboxylic acids is 2. The fourth-order valence-corrected chi connectivity index (χ4v) is 3.21. The number of thioether (sulfide) groups is 1. The highest BCUT2D eigenvalue weighted by atomic mass is 32.2. The molecular weight excluding hydrogens is 324 g/mol. The number of quaternary nitrogens is 1. The molecule has 0 bridgehead atoms. The SMILES string of the molecule is NC(=O)[C@@H]1CCC[NH+](CC(=O)Nc2ccc(SC(F)F)cc2)C1. The molecule has 2 amide bonds.